The fraction of sp³-hybridized carbons (Fsp3) is 0.308. The Morgan fingerprint density at radius 2 is 1.86 bits per heavy atom. The molecule has 0 amide bonds. The monoisotopic (exact) mass is 479 g/mol. The molecule has 0 spiro atoms. The molecule has 9 nitrogen and oxygen atoms in total. The summed E-state index contributed by atoms with van der Waals surface area (Å²) in [6.45, 7) is 2.14. The second-order valence-electron chi connectivity index (χ2n) is 8.51. The Hall–Kier alpha value is -4.14. The van der Waals surface area contributed by atoms with E-state index in [1.807, 2.05) is 19.1 Å². The van der Waals surface area contributed by atoms with Crippen molar-refractivity contribution >= 4 is 5.97 Å². The maximum atomic E-state index is 13.7. The quantitative estimate of drug-likeness (QED) is 0.555. The lowest BCUT2D eigenvalue weighted by molar-refractivity contribution is 0.0594. The molecule has 0 saturated heterocycles. The molecule has 1 aliphatic heterocycles. The molecule has 182 valence electrons. The molecule has 35 heavy (non-hydrogen) atoms. The summed E-state index contributed by atoms with van der Waals surface area (Å²) < 4.78 is 28.3. The highest BCUT2D eigenvalue weighted by atomic mass is 16.7. The number of rotatable bonds is 5. The summed E-state index contributed by atoms with van der Waals surface area (Å²) in [6.07, 6.45) is 0.581. The zero-order valence-corrected chi connectivity index (χ0v) is 19.8. The molecule has 2 aliphatic rings. The highest BCUT2D eigenvalue weighted by molar-refractivity contribution is 5.94. The number of aromatic nitrogens is 1. The summed E-state index contributed by atoms with van der Waals surface area (Å²) in [7, 11) is 4.27. The number of methoxy groups -OCH3 is 3. The number of hydrogen-bond acceptors (Lipinski definition) is 8. The summed E-state index contributed by atoms with van der Waals surface area (Å²) in [4.78, 5) is 26.3. The number of benzene rings is 2. The maximum Gasteiger partial charge on any atom is 0.347 e. The molecule has 1 aliphatic carbocycles. The highest BCUT2D eigenvalue weighted by Gasteiger charge is 2.35. The number of hydrogen-bond donors (Lipinski definition) is 1. The van der Waals surface area contributed by atoms with Crippen LogP contribution >= 0.6 is 0 Å². The summed E-state index contributed by atoms with van der Waals surface area (Å²) >= 11 is 0. The van der Waals surface area contributed by atoms with E-state index in [-0.39, 0.29) is 25.0 Å². The van der Waals surface area contributed by atoms with Crippen molar-refractivity contribution in [2.75, 3.05) is 28.1 Å². The fourth-order valence-corrected chi connectivity index (χ4v) is 4.88. The first-order valence-electron chi connectivity index (χ1n) is 11.1. The van der Waals surface area contributed by atoms with Crippen molar-refractivity contribution in [3.05, 3.63) is 62.9 Å². The van der Waals surface area contributed by atoms with Crippen molar-refractivity contribution in [1.29, 1.82) is 0 Å². The van der Waals surface area contributed by atoms with Gasteiger partial charge in [-0.25, -0.2) is 4.79 Å². The zero-order valence-electron chi connectivity index (χ0n) is 19.8. The van der Waals surface area contributed by atoms with E-state index in [9.17, 15) is 14.7 Å². The van der Waals surface area contributed by atoms with Crippen LogP contribution in [0.3, 0.4) is 0 Å². The Morgan fingerprint density at radius 3 is 2.54 bits per heavy atom. The average Bonchev–Trinajstić information content (AvgIpc) is 3.32. The van der Waals surface area contributed by atoms with Crippen LogP contribution in [0.4, 0.5) is 0 Å². The molecule has 0 bridgehead atoms. The number of carbonyl (C=O) groups excluding carboxylic acids is 1. The van der Waals surface area contributed by atoms with Crippen molar-refractivity contribution in [2.45, 2.75) is 25.8 Å². The molecule has 5 rings (SSSR count). The van der Waals surface area contributed by atoms with E-state index >= 15 is 0 Å². The molecule has 9 heteroatoms. The lowest BCUT2D eigenvalue weighted by atomic mass is 9.80. The van der Waals surface area contributed by atoms with E-state index in [0.29, 0.717) is 46.2 Å². The molecule has 0 fully saturated rings. The van der Waals surface area contributed by atoms with Gasteiger partial charge in [0.1, 0.15) is 17.2 Å². The minimum Gasteiger partial charge on any atom is -0.506 e. The summed E-state index contributed by atoms with van der Waals surface area (Å²) in [5.74, 6) is 0.883. The number of carbonyl (C=O) groups is 1. The second-order valence-corrected chi connectivity index (χ2v) is 8.51. The van der Waals surface area contributed by atoms with Gasteiger partial charge < -0.3 is 33.4 Å². The smallest absolute Gasteiger partial charge is 0.347 e. The molecular weight excluding hydrogens is 454 g/mol. The Kier molecular flexibility index (Phi) is 5.55. The van der Waals surface area contributed by atoms with Crippen molar-refractivity contribution in [3.63, 3.8) is 0 Å². The first-order valence-corrected chi connectivity index (χ1v) is 11.1. The molecule has 2 aromatic carbocycles. The summed E-state index contributed by atoms with van der Waals surface area (Å²) in [5, 5.41) is 11.2. The number of pyridine rings is 1. The minimum atomic E-state index is -0.894. The van der Waals surface area contributed by atoms with Crippen molar-refractivity contribution in [2.24, 2.45) is 0 Å². The number of aromatic hydroxyl groups is 1. The average molecular weight is 479 g/mol. The van der Waals surface area contributed by atoms with Crippen LogP contribution in [0.15, 0.2) is 35.1 Å². The van der Waals surface area contributed by atoms with Gasteiger partial charge in [0.05, 0.1) is 33.6 Å². The van der Waals surface area contributed by atoms with E-state index < -0.39 is 17.1 Å². The topological polar surface area (TPSA) is 105 Å². The van der Waals surface area contributed by atoms with Crippen LogP contribution in [0.5, 0.6) is 28.7 Å². The van der Waals surface area contributed by atoms with Gasteiger partial charge in [0, 0.05) is 22.8 Å². The number of ether oxygens (including phenoxy) is 5. The summed E-state index contributed by atoms with van der Waals surface area (Å²) in [6, 6.07) is 9.02. The predicted octanol–water partition coefficient (Wildman–Crippen LogP) is 3.46. The molecular formula is C26H25NO8. The Labute approximate surface area is 201 Å². The van der Waals surface area contributed by atoms with Crippen LogP contribution in [0.2, 0.25) is 0 Å². The van der Waals surface area contributed by atoms with Crippen molar-refractivity contribution in [3.8, 4) is 40.0 Å². The van der Waals surface area contributed by atoms with Crippen LogP contribution in [-0.4, -0.2) is 43.8 Å². The number of esters is 1. The molecule has 0 radical (unpaired) electrons. The maximum absolute atomic E-state index is 13.7. The largest absolute Gasteiger partial charge is 0.506 e. The van der Waals surface area contributed by atoms with Gasteiger partial charge in [-0.1, -0.05) is 6.92 Å². The molecule has 2 heterocycles. The van der Waals surface area contributed by atoms with Gasteiger partial charge in [-0.15, -0.1) is 0 Å². The second kappa shape index (κ2) is 8.57. The molecule has 1 N–H and O–H groups in total. The third kappa shape index (κ3) is 3.54. The Morgan fingerprint density at radius 1 is 1.11 bits per heavy atom. The normalized spacial score (nSPS) is 15.3. The van der Waals surface area contributed by atoms with E-state index in [0.717, 1.165) is 11.1 Å². The molecule has 1 atom stereocenters. The van der Waals surface area contributed by atoms with E-state index in [1.165, 1.54) is 18.8 Å². The Balaban J connectivity index is 1.81. The van der Waals surface area contributed by atoms with E-state index in [1.54, 1.807) is 25.3 Å². The summed E-state index contributed by atoms with van der Waals surface area (Å²) in [5.41, 5.74) is 2.35. The molecule has 0 saturated carbocycles. The van der Waals surface area contributed by atoms with Crippen LogP contribution in [0.1, 0.15) is 39.9 Å². The standard InChI is InChI=1S/C26H25NO8/c1-13-7-15-8-19-20(35-12-34-19)10-17(15)23-21(13)24(28)22(26(30)33-4)25(29)27(23)11-14-5-6-16(31-2)9-18(14)32-3/h5-6,8-10,13,28H,7,11-12H2,1-4H3. The molecule has 1 unspecified atom stereocenters. The van der Waals surface area contributed by atoms with Crippen LogP contribution < -0.4 is 24.5 Å². The molecule has 1 aromatic heterocycles. The third-order valence-corrected chi connectivity index (χ3v) is 6.56. The van der Waals surface area contributed by atoms with Gasteiger partial charge >= 0.3 is 5.97 Å². The SMILES string of the molecule is COC(=O)c1c(O)c2c(n(Cc3ccc(OC)cc3OC)c1=O)-c1cc3c(cc1CC2C)OCO3. The van der Waals surface area contributed by atoms with E-state index in [4.69, 9.17) is 23.7 Å². The number of fused-ring (bicyclic) bond motifs is 4. The van der Waals surface area contributed by atoms with Gasteiger partial charge in [-0.3, -0.25) is 4.79 Å². The van der Waals surface area contributed by atoms with Gasteiger partial charge in [-0.2, -0.15) is 0 Å². The highest BCUT2D eigenvalue weighted by Crippen LogP contribution is 2.48. The third-order valence-electron chi connectivity index (χ3n) is 6.56. The molecule has 3 aromatic rings. The minimum absolute atomic E-state index is 0.0826. The van der Waals surface area contributed by atoms with Gasteiger partial charge in [0.2, 0.25) is 6.79 Å². The fourth-order valence-electron chi connectivity index (χ4n) is 4.88. The lowest BCUT2D eigenvalue weighted by Gasteiger charge is -2.30. The van der Waals surface area contributed by atoms with Gasteiger partial charge in [0.25, 0.3) is 5.56 Å². The van der Waals surface area contributed by atoms with Crippen molar-refractivity contribution < 1.29 is 33.6 Å². The lowest BCUT2D eigenvalue weighted by Crippen LogP contribution is -2.32. The van der Waals surface area contributed by atoms with Gasteiger partial charge in [-0.05, 0) is 42.2 Å². The predicted molar refractivity (Wildman–Crippen MR) is 126 cm³/mol. The van der Waals surface area contributed by atoms with Crippen molar-refractivity contribution in [1.82, 2.24) is 4.57 Å². The Bertz CT molecular complexity index is 1410. The first-order chi connectivity index (χ1) is 16.9. The van der Waals surface area contributed by atoms with E-state index in [2.05, 4.69) is 0 Å². The number of nitrogens with zero attached hydrogens (tertiary/aromatic N) is 1. The zero-order chi connectivity index (χ0) is 24.9. The van der Waals surface area contributed by atoms with Crippen LogP contribution in [-0.2, 0) is 17.7 Å². The van der Waals surface area contributed by atoms with Crippen LogP contribution in [0.25, 0.3) is 11.3 Å². The van der Waals surface area contributed by atoms with Crippen LogP contribution in [0, 0.1) is 0 Å². The first kappa shape index (κ1) is 22.6. The van der Waals surface area contributed by atoms with Gasteiger partial charge in [0.15, 0.2) is 17.1 Å².